The van der Waals surface area contributed by atoms with Crippen molar-refractivity contribution in [3.8, 4) is 0 Å². The summed E-state index contributed by atoms with van der Waals surface area (Å²) >= 11 is 0. The summed E-state index contributed by atoms with van der Waals surface area (Å²) in [6.07, 6.45) is 0. The van der Waals surface area contributed by atoms with Gasteiger partial charge in [-0.05, 0) is 32.4 Å². The molecule has 3 nitrogen and oxygen atoms in total. The largest absolute Gasteiger partial charge is 0.383 e. The molecule has 1 rings (SSSR count). The lowest BCUT2D eigenvalue weighted by Gasteiger charge is -2.31. The molecule has 96 valence electrons. The van der Waals surface area contributed by atoms with Crippen molar-refractivity contribution in [1.29, 1.82) is 0 Å². The first kappa shape index (κ1) is 14.0. The van der Waals surface area contributed by atoms with Crippen molar-refractivity contribution in [2.24, 2.45) is 5.73 Å². The number of hydrogen-bond donors (Lipinski definition) is 1. The Hall–Kier alpha value is -1.06. The van der Waals surface area contributed by atoms with Crippen molar-refractivity contribution in [2.45, 2.75) is 32.9 Å². The fourth-order valence-electron chi connectivity index (χ4n) is 1.98. The van der Waals surface area contributed by atoms with Crippen LogP contribution in [0.15, 0.2) is 24.3 Å². The van der Waals surface area contributed by atoms with Crippen molar-refractivity contribution >= 4 is 5.69 Å². The summed E-state index contributed by atoms with van der Waals surface area (Å²) in [6.45, 7) is 8.01. The van der Waals surface area contributed by atoms with Gasteiger partial charge < -0.3 is 15.4 Å². The van der Waals surface area contributed by atoms with E-state index in [0.717, 1.165) is 13.2 Å². The van der Waals surface area contributed by atoms with Crippen LogP contribution in [0.25, 0.3) is 0 Å². The molecular weight excluding hydrogens is 212 g/mol. The van der Waals surface area contributed by atoms with E-state index in [1.807, 2.05) is 13.0 Å². The number of benzene rings is 1. The molecule has 0 aromatic heterocycles. The van der Waals surface area contributed by atoms with Crippen LogP contribution in [0.3, 0.4) is 0 Å². The number of anilines is 1. The summed E-state index contributed by atoms with van der Waals surface area (Å²) in [5, 5.41) is 0. The number of methoxy groups -OCH3 is 1. The average molecular weight is 236 g/mol. The smallest absolute Gasteiger partial charge is 0.0637 e. The molecule has 0 radical (unpaired) electrons. The minimum Gasteiger partial charge on any atom is -0.383 e. The third-order valence-electron chi connectivity index (χ3n) is 2.90. The Morgan fingerprint density at radius 3 is 2.41 bits per heavy atom. The quantitative estimate of drug-likeness (QED) is 0.825. The van der Waals surface area contributed by atoms with Crippen molar-refractivity contribution in [3.63, 3.8) is 0 Å². The summed E-state index contributed by atoms with van der Waals surface area (Å²) in [4.78, 5) is 2.34. The van der Waals surface area contributed by atoms with Crippen LogP contribution in [0.1, 0.15) is 32.4 Å². The van der Waals surface area contributed by atoms with Gasteiger partial charge in [-0.2, -0.15) is 0 Å². The van der Waals surface area contributed by atoms with E-state index in [4.69, 9.17) is 10.5 Å². The predicted molar refractivity (Wildman–Crippen MR) is 73.4 cm³/mol. The molecule has 0 amide bonds. The Kier molecular flexibility index (Phi) is 5.45. The fourth-order valence-corrected chi connectivity index (χ4v) is 1.98. The van der Waals surface area contributed by atoms with Crippen molar-refractivity contribution in [2.75, 3.05) is 25.2 Å². The summed E-state index contributed by atoms with van der Waals surface area (Å²) in [5.74, 6) is 0. The number of para-hydroxylation sites is 1. The molecule has 0 fully saturated rings. The molecule has 0 spiro atoms. The van der Waals surface area contributed by atoms with Crippen LogP contribution in [0.5, 0.6) is 0 Å². The van der Waals surface area contributed by atoms with Gasteiger partial charge in [0.25, 0.3) is 0 Å². The number of rotatable bonds is 6. The Balaban J connectivity index is 3.00. The van der Waals surface area contributed by atoms with Gasteiger partial charge in [0, 0.05) is 31.4 Å². The maximum absolute atomic E-state index is 6.02. The van der Waals surface area contributed by atoms with E-state index in [-0.39, 0.29) is 6.04 Å². The van der Waals surface area contributed by atoms with E-state index in [1.165, 1.54) is 11.3 Å². The van der Waals surface area contributed by atoms with E-state index in [2.05, 4.69) is 36.9 Å². The Bertz CT molecular complexity index is 337. The molecule has 0 saturated carbocycles. The molecular formula is C14H24N2O. The van der Waals surface area contributed by atoms with Gasteiger partial charge in [0.2, 0.25) is 0 Å². The molecule has 17 heavy (non-hydrogen) atoms. The Labute approximate surface area is 105 Å². The first-order valence-electron chi connectivity index (χ1n) is 6.18. The van der Waals surface area contributed by atoms with Crippen LogP contribution in [0, 0.1) is 0 Å². The van der Waals surface area contributed by atoms with Crippen LogP contribution in [0.2, 0.25) is 0 Å². The van der Waals surface area contributed by atoms with Crippen LogP contribution in [-0.4, -0.2) is 26.3 Å². The zero-order valence-corrected chi connectivity index (χ0v) is 11.3. The third kappa shape index (κ3) is 3.72. The fraction of sp³-hybridized carbons (Fsp3) is 0.571. The number of nitrogens with zero attached hydrogens (tertiary/aromatic N) is 1. The molecule has 2 N–H and O–H groups in total. The topological polar surface area (TPSA) is 38.5 Å². The maximum atomic E-state index is 6.02. The van der Waals surface area contributed by atoms with Gasteiger partial charge in [-0.3, -0.25) is 0 Å². The first-order chi connectivity index (χ1) is 8.07. The SMILES string of the molecule is COCCN(c1ccccc1[C@@H](C)N)C(C)C. The molecule has 0 aliphatic carbocycles. The van der Waals surface area contributed by atoms with Crippen molar-refractivity contribution in [1.82, 2.24) is 0 Å². The van der Waals surface area contributed by atoms with Crippen LogP contribution in [-0.2, 0) is 4.74 Å². The van der Waals surface area contributed by atoms with Gasteiger partial charge in [0.1, 0.15) is 0 Å². The Morgan fingerprint density at radius 2 is 1.88 bits per heavy atom. The second-order valence-electron chi connectivity index (χ2n) is 4.63. The number of hydrogen-bond acceptors (Lipinski definition) is 3. The van der Waals surface area contributed by atoms with Crippen LogP contribution in [0.4, 0.5) is 5.69 Å². The first-order valence-corrected chi connectivity index (χ1v) is 6.18. The van der Waals surface area contributed by atoms with Crippen molar-refractivity contribution < 1.29 is 4.74 Å². The average Bonchev–Trinajstić information content (AvgIpc) is 2.29. The van der Waals surface area contributed by atoms with E-state index in [1.54, 1.807) is 7.11 Å². The third-order valence-corrected chi connectivity index (χ3v) is 2.90. The molecule has 1 atom stereocenters. The molecule has 0 saturated heterocycles. The molecule has 3 heteroatoms. The minimum atomic E-state index is 0.0509. The van der Waals surface area contributed by atoms with Gasteiger partial charge in [-0.25, -0.2) is 0 Å². The highest BCUT2D eigenvalue weighted by Crippen LogP contribution is 2.26. The minimum absolute atomic E-state index is 0.0509. The molecule has 1 aromatic rings. The summed E-state index contributed by atoms with van der Waals surface area (Å²) in [6, 6.07) is 8.82. The second-order valence-corrected chi connectivity index (χ2v) is 4.63. The highest BCUT2D eigenvalue weighted by atomic mass is 16.5. The van der Waals surface area contributed by atoms with Crippen LogP contribution >= 0.6 is 0 Å². The predicted octanol–water partition coefficient (Wildman–Crippen LogP) is 2.57. The number of nitrogens with two attached hydrogens (primary N) is 1. The molecule has 0 unspecified atom stereocenters. The summed E-state index contributed by atoms with van der Waals surface area (Å²) < 4.78 is 5.17. The van der Waals surface area contributed by atoms with Gasteiger partial charge in [-0.15, -0.1) is 0 Å². The van der Waals surface area contributed by atoms with Gasteiger partial charge >= 0.3 is 0 Å². The molecule has 1 aromatic carbocycles. The van der Waals surface area contributed by atoms with Crippen molar-refractivity contribution in [3.05, 3.63) is 29.8 Å². The lowest BCUT2D eigenvalue weighted by atomic mass is 10.0. The monoisotopic (exact) mass is 236 g/mol. The normalized spacial score (nSPS) is 12.8. The van der Waals surface area contributed by atoms with Gasteiger partial charge in [0.05, 0.1) is 6.61 Å². The lowest BCUT2D eigenvalue weighted by molar-refractivity contribution is 0.203. The highest BCUT2D eigenvalue weighted by Gasteiger charge is 2.15. The molecule has 0 heterocycles. The standard InChI is InChI=1S/C14H24N2O/c1-11(2)16(9-10-17-4)14-8-6-5-7-13(14)12(3)15/h5-8,11-12H,9-10,15H2,1-4H3/t12-/m1/s1. The highest BCUT2D eigenvalue weighted by molar-refractivity contribution is 5.55. The molecule has 0 bridgehead atoms. The van der Waals surface area contributed by atoms with Gasteiger partial charge in [-0.1, -0.05) is 18.2 Å². The van der Waals surface area contributed by atoms with E-state index in [0.29, 0.717) is 6.04 Å². The molecule has 0 aliphatic heterocycles. The summed E-state index contributed by atoms with van der Waals surface area (Å²) in [7, 11) is 1.73. The zero-order valence-electron chi connectivity index (χ0n) is 11.3. The van der Waals surface area contributed by atoms with Crippen LogP contribution < -0.4 is 10.6 Å². The Morgan fingerprint density at radius 1 is 1.24 bits per heavy atom. The number of ether oxygens (including phenoxy) is 1. The molecule has 0 aliphatic rings. The second kappa shape index (κ2) is 6.62. The lowest BCUT2D eigenvalue weighted by Crippen LogP contribution is -2.35. The van der Waals surface area contributed by atoms with Gasteiger partial charge in [0.15, 0.2) is 0 Å². The van der Waals surface area contributed by atoms with E-state index >= 15 is 0 Å². The zero-order chi connectivity index (χ0) is 12.8. The van der Waals surface area contributed by atoms with E-state index < -0.39 is 0 Å². The van der Waals surface area contributed by atoms with E-state index in [9.17, 15) is 0 Å². The maximum Gasteiger partial charge on any atom is 0.0637 e. The summed E-state index contributed by atoms with van der Waals surface area (Å²) in [5.41, 5.74) is 8.43.